The van der Waals surface area contributed by atoms with Gasteiger partial charge in [0.2, 0.25) is 0 Å². The van der Waals surface area contributed by atoms with Crippen molar-refractivity contribution in [2.45, 2.75) is 238 Å². The van der Waals surface area contributed by atoms with Crippen molar-refractivity contribution in [3.8, 4) is 0 Å². The van der Waals surface area contributed by atoms with Gasteiger partial charge in [-0.3, -0.25) is 23.4 Å². The summed E-state index contributed by atoms with van der Waals surface area (Å²) < 4.78 is 39.4. The van der Waals surface area contributed by atoms with E-state index in [-0.39, 0.29) is 25.9 Å². The van der Waals surface area contributed by atoms with Gasteiger partial charge in [-0.2, -0.15) is 0 Å². The fourth-order valence-electron chi connectivity index (χ4n) is 7.30. The highest BCUT2D eigenvalue weighted by Crippen LogP contribution is 2.43. The highest BCUT2D eigenvalue weighted by Gasteiger charge is 2.28. The SMILES string of the molecule is CC/C=C\C/C=C\C/C=C\C/C=C\C/C=C\C/C=C\CCC(=O)OC(COC(=O)CCCCCCC/C=C\C/C=C\CCC)COP(=O)(O)OCC(CO)OC(=O)CCCCCCC/C=C\CCCCCCCC. The number of carbonyl (C=O) groups is 3. The summed E-state index contributed by atoms with van der Waals surface area (Å²) in [4.78, 5) is 48.5. The van der Waals surface area contributed by atoms with E-state index in [0.29, 0.717) is 25.7 Å². The Balaban J connectivity index is 4.86. The van der Waals surface area contributed by atoms with Gasteiger partial charge in [-0.25, -0.2) is 4.57 Å². The molecule has 74 heavy (non-hydrogen) atoms. The van der Waals surface area contributed by atoms with Gasteiger partial charge in [0, 0.05) is 19.3 Å². The van der Waals surface area contributed by atoms with Crippen LogP contribution >= 0.6 is 7.82 Å². The third-order valence-corrected chi connectivity index (χ3v) is 12.6. The lowest BCUT2D eigenvalue weighted by Gasteiger charge is -2.21. The zero-order chi connectivity index (χ0) is 54.1. The summed E-state index contributed by atoms with van der Waals surface area (Å²) in [5.74, 6) is -1.60. The Morgan fingerprint density at radius 2 is 0.757 bits per heavy atom. The number of aliphatic hydroxyl groups excluding tert-OH is 1. The number of ether oxygens (including phenoxy) is 3. The lowest BCUT2D eigenvalue weighted by atomic mass is 10.1. The first-order chi connectivity index (χ1) is 36.2. The van der Waals surface area contributed by atoms with Crippen molar-refractivity contribution < 1.29 is 52.2 Å². The first-order valence-electron chi connectivity index (χ1n) is 28.8. The highest BCUT2D eigenvalue weighted by atomic mass is 31.2. The van der Waals surface area contributed by atoms with E-state index in [9.17, 15) is 28.9 Å². The van der Waals surface area contributed by atoms with Crippen LogP contribution in [-0.4, -0.2) is 66.5 Å². The molecular weight excluding hydrogens is 952 g/mol. The summed E-state index contributed by atoms with van der Waals surface area (Å²) >= 11 is 0. The Hall–Kier alpha value is -3.86. The van der Waals surface area contributed by atoms with E-state index in [1.807, 2.05) is 12.2 Å². The number of unbranched alkanes of at least 4 members (excludes halogenated alkanes) is 17. The van der Waals surface area contributed by atoms with Crippen LogP contribution in [0.1, 0.15) is 226 Å². The maximum Gasteiger partial charge on any atom is 0.472 e. The van der Waals surface area contributed by atoms with Crippen molar-refractivity contribution in [1.82, 2.24) is 0 Å². The van der Waals surface area contributed by atoms with E-state index in [2.05, 4.69) is 118 Å². The molecule has 3 atom stereocenters. The predicted octanol–water partition coefficient (Wildman–Crippen LogP) is 17.0. The fraction of sp³-hybridized carbons (Fsp3) is 0.661. The Morgan fingerprint density at radius 1 is 0.392 bits per heavy atom. The topological polar surface area (TPSA) is 155 Å². The number of aliphatic hydroxyl groups is 1. The third-order valence-electron chi connectivity index (χ3n) is 11.6. The van der Waals surface area contributed by atoms with Crippen molar-refractivity contribution in [2.24, 2.45) is 0 Å². The van der Waals surface area contributed by atoms with Gasteiger partial charge in [-0.05, 0) is 109 Å². The van der Waals surface area contributed by atoms with E-state index in [4.69, 9.17) is 23.3 Å². The number of hydrogen-bond donors (Lipinski definition) is 2. The van der Waals surface area contributed by atoms with Gasteiger partial charge in [0.05, 0.1) is 19.8 Å². The second-order valence-corrected chi connectivity index (χ2v) is 20.2. The van der Waals surface area contributed by atoms with Crippen molar-refractivity contribution in [1.29, 1.82) is 0 Å². The van der Waals surface area contributed by atoms with Crippen LogP contribution in [0.3, 0.4) is 0 Å². The molecule has 12 heteroatoms. The smallest absolute Gasteiger partial charge is 0.462 e. The number of esters is 3. The molecule has 0 saturated carbocycles. The van der Waals surface area contributed by atoms with Crippen molar-refractivity contribution >= 4 is 25.7 Å². The summed E-state index contributed by atoms with van der Waals surface area (Å²) in [6.45, 7) is 4.34. The number of phosphoric ester groups is 1. The first kappa shape index (κ1) is 70.1. The number of allylic oxidation sites excluding steroid dienone is 18. The monoisotopic (exact) mass is 1050 g/mol. The van der Waals surface area contributed by atoms with Crippen LogP contribution in [0.15, 0.2) is 109 Å². The second-order valence-electron chi connectivity index (χ2n) is 18.7. The molecule has 0 aromatic rings. The van der Waals surface area contributed by atoms with Gasteiger partial charge >= 0.3 is 25.7 Å². The van der Waals surface area contributed by atoms with E-state index < -0.39 is 57.8 Å². The molecule has 0 aliphatic heterocycles. The van der Waals surface area contributed by atoms with Crippen LogP contribution in [0.25, 0.3) is 0 Å². The summed E-state index contributed by atoms with van der Waals surface area (Å²) in [6, 6.07) is 0. The number of hydrogen-bond acceptors (Lipinski definition) is 10. The highest BCUT2D eigenvalue weighted by molar-refractivity contribution is 7.47. The molecule has 422 valence electrons. The van der Waals surface area contributed by atoms with E-state index >= 15 is 0 Å². The lowest BCUT2D eigenvalue weighted by Crippen LogP contribution is -2.30. The largest absolute Gasteiger partial charge is 0.472 e. The average molecular weight is 1060 g/mol. The lowest BCUT2D eigenvalue weighted by molar-refractivity contribution is -0.161. The molecule has 0 aromatic heterocycles. The fourth-order valence-corrected chi connectivity index (χ4v) is 8.08. The van der Waals surface area contributed by atoms with Crippen LogP contribution in [0.5, 0.6) is 0 Å². The maximum absolute atomic E-state index is 12.9. The second kappa shape index (κ2) is 55.4. The molecule has 0 spiro atoms. The summed E-state index contributed by atoms with van der Waals surface area (Å²) in [7, 11) is -4.78. The minimum atomic E-state index is -4.78. The van der Waals surface area contributed by atoms with Crippen LogP contribution in [0.2, 0.25) is 0 Å². The van der Waals surface area contributed by atoms with Crippen LogP contribution in [0.4, 0.5) is 0 Å². The molecule has 0 aromatic carbocycles. The molecular formula is C62H103O11P. The number of rotatable bonds is 52. The van der Waals surface area contributed by atoms with Crippen LogP contribution in [-0.2, 0) is 42.2 Å². The average Bonchev–Trinajstić information content (AvgIpc) is 3.39. The van der Waals surface area contributed by atoms with Gasteiger partial charge in [0.1, 0.15) is 12.7 Å². The van der Waals surface area contributed by atoms with Gasteiger partial charge < -0.3 is 24.2 Å². The molecule has 0 amide bonds. The van der Waals surface area contributed by atoms with Crippen LogP contribution < -0.4 is 0 Å². The molecule has 0 rings (SSSR count). The number of carbonyl (C=O) groups excluding carboxylic acids is 3. The molecule has 0 fully saturated rings. The Labute approximate surface area is 450 Å². The maximum atomic E-state index is 12.9. The van der Waals surface area contributed by atoms with Crippen molar-refractivity contribution in [2.75, 3.05) is 26.4 Å². The zero-order valence-corrected chi connectivity index (χ0v) is 47.4. The molecule has 0 heterocycles. The minimum Gasteiger partial charge on any atom is -0.462 e. The van der Waals surface area contributed by atoms with Gasteiger partial charge in [-0.1, -0.05) is 207 Å². The summed E-state index contributed by atoms with van der Waals surface area (Å²) in [5, 5.41) is 9.81. The molecule has 2 N–H and O–H groups in total. The number of phosphoric acid groups is 1. The summed E-state index contributed by atoms with van der Waals surface area (Å²) in [5.41, 5.74) is 0. The van der Waals surface area contributed by atoms with E-state index in [1.165, 1.54) is 38.5 Å². The summed E-state index contributed by atoms with van der Waals surface area (Å²) in [6.07, 6.45) is 66.3. The van der Waals surface area contributed by atoms with E-state index in [0.717, 1.165) is 122 Å². The van der Waals surface area contributed by atoms with Crippen molar-refractivity contribution in [3.63, 3.8) is 0 Å². The molecule has 0 saturated heterocycles. The Kier molecular flexibility index (Phi) is 52.5. The van der Waals surface area contributed by atoms with Gasteiger partial charge in [0.25, 0.3) is 0 Å². The Morgan fingerprint density at radius 3 is 1.23 bits per heavy atom. The quantitative estimate of drug-likeness (QED) is 0.0197. The molecule has 3 unspecified atom stereocenters. The normalized spacial score (nSPS) is 14.2. The zero-order valence-electron chi connectivity index (χ0n) is 46.5. The Bertz CT molecular complexity index is 1660. The van der Waals surface area contributed by atoms with Crippen molar-refractivity contribution in [3.05, 3.63) is 109 Å². The molecule has 0 aliphatic carbocycles. The predicted molar refractivity (Wildman–Crippen MR) is 307 cm³/mol. The van der Waals surface area contributed by atoms with E-state index in [1.54, 1.807) is 0 Å². The third kappa shape index (κ3) is 53.0. The molecule has 0 radical (unpaired) electrons. The first-order valence-corrected chi connectivity index (χ1v) is 30.3. The minimum absolute atomic E-state index is 0.0340. The van der Waals surface area contributed by atoms with Gasteiger partial charge in [-0.15, -0.1) is 0 Å². The molecule has 0 aliphatic rings. The molecule has 11 nitrogen and oxygen atoms in total. The molecule has 0 bridgehead atoms. The van der Waals surface area contributed by atoms with Gasteiger partial charge in [0.15, 0.2) is 6.10 Å². The standard InChI is InChI=1S/C62H103O11P/c1-4-7-10-13-16-19-22-25-27-28-29-30-32-35-38-41-44-47-50-53-62(66)73-59(55-69-60(64)51-48-45-42-39-36-33-24-21-18-15-12-9-6-3)57-71-74(67,68)70-56-58(54-63)72-61(65)52-49-46-43-40-37-34-31-26-23-20-17-14-11-8-5-2/h7,10,12,15-16,19,21,24-27,29-31,35,38,44,47,58-59,63H,4-6,8-9,11,13-14,17-18,20,22-23,28,32-34,36-37,39-43,45-46,48-57H2,1-3H3,(H,67,68)/b10-7-,15-12-,19-16-,24-21-,27-25-,30-29-,31-26-,38-35-,47-44-. The van der Waals surface area contributed by atoms with Crippen LogP contribution in [0, 0.1) is 0 Å².